The lowest BCUT2D eigenvalue weighted by Crippen LogP contribution is -2.36. The summed E-state index contributed by atoms with van der Waals surface area (Å²) in [5, 5.41) is 14.5. The van der Waals surface area contributed by atoms with Gasteiger partial charge in [0, 0.05) is 10.9 Å². The number of benzene rings is 1. The second-order valence-corrected chi connectivity index (χ2v) is 7.95. The van der Waals surface area contributed by atoms with Crippen LogP contribution in [0, 0.1) is 5.92 Å². The lowest BCUT2D eigenvalue weighted by Gasteiger charge is -2.35. The fraction of sp³-hybridized carbons (Fsp3) is 0.273. The monoisotopic (exact) mass is 440 g/mol. The van der Waals surface area contributed by atoms with Crippen molar-refractivity contribution in [3.05, 3.63) is 66.4 Å². The van der Waals surface area contributed by atoms with Crippen molar-refractivity contribution in [2.24, 2.45) is 11.7 Å². The number of alkyl halides is 3. The molecule has 1 fully saturated rings. The Labute approximate surface area is 180 Å². The van der Waals surface area contributed by atoms with E-state index in [2.05, 4.69) is 20.1 Å². The van der Waals surface area contributed by atoms with Gasteiger partial charge in [0.1, 0.15) is 5.69 Å². The fourth-order valence-electron chi connectivity index (χ4n) is 3.90. The van der Waals surface area contributed by atoms with Gasteiger partial charge in [-0.2, -0.15) is 18.3 Å². The molecule has 0 unspecified atom stereocenters. The number of aliphatic hydroxyl groups is 1. The third kappa shape index (κ3) is 3.71. The molecule has 7 nitrogen and oxygen atoms in total. The molecule has 1 aromatic carbocycles. The number of rotatable bonds is 4. The van der Waals surface area contributed by atoms with Crippen LogP contribution in [0.2, 0.25) is 0 Å². The van der Waals surface area contributed by atoms with Gasteiger partial charge >= 0.3 is 6.18 Å². The topological polar surface area (TPSA) is 103 Å². The molecular weight excluding hydrogens is 421 g/mol. The molecule has 3 heterocycles. The molecule has 164 valence electrons. The SMILES string of the molecule is N[C@H](c1cncc(-c2ccc3cnn(-c4cccc(C(F)(F)F)n4)c3c2)n1)[C@H]1C[C@@H](O)C1. The highest BCUT2D eigenvalue weighted by Gasteiger charge is 2.34. The van der Waals surface area contributed by atoms with Gasteiger partial charge in [0.15, 0.2) is 5.82 Å². The highest BCUT2D eigenvalue weighted by molar-refractivity contribution is 5.84. The Balaban J connectivity index is 1.52. The number of halogens is 3. The van der Waals surface area contributed by atoms with Crippen molar-refractivity contribution in [2.45, 2.75) is 31.2 Å². The standard InChI is InChI=1S/C22H19F3N6O/c23-22(24,25)19-2-1-3-20(30-19)31-18-8-12(4-5-13(18)9-28-31)16-10-27-11-17(29-16)21(26)14-6-15(32)7-14/h1-5,8-11,14-15,21,32H,6-7,26H2/t14-,15+,21-/m0/s1. The summed E-state index contributed by atoms with van der Waals surface area (Å²) in [6.07, 6.45) is 1.22. The van der Waals surface area contributed by atoms with Crippen LogP contribution in [0.15, 0.2) is 55.0 Å². The van der Waals surface area contributed by atoms with Gasteiger partial charge in [0.25, 0.3) is 0 Å². The zero-order valence-corrected chi connectivity index (χ0v) is 16.7. The van der Waals surface area contributed by atoms with E-state index in [1.807, 2.05) is 12.1 Å². The minimum atomic E-state index is -4.55. The quantitative estimate of drug-likeness (QED) is 0.502. The van der Waals surface area contributed by atoms with E-state index in [9.17, 15) is 18.3 Å². The zero-order valence-electron chi connectivity index (χ0n) is 16.7. The number of hydrogen-bond acceptors (Lipinski definition) is 6. The third-order valence-corrected chi connectivity index (χ3v) is 5.76. The van der Waals surface area contributed by atoms with E-state index in [1.165, 1.54) is 16.8 Å². The van der Waals surface area contributed by atoms with Crippen LogP contribution in [0.25, 0.3) is 28.0 Å². The number of nitrogens with two attached hydrogens (primary N) is 1. The first-order chi connectivity index (χ1) is 15.3. The Bertz CT molecular complexity index is 1280. The summed E-state index contributed by atoms with van der Waals surface area (Å²) >= 11 is 0. The van der Waals surface area contributed by atoms with Crippen molar-refractivity contribution < 1.29 is 18.3 Å². The molecule has 1 aliphatic carbocycles. The minimum absolute atomic E-state index is 0.0670. The molecule has 1 aliphatic rings. The highest BCUT2D eigenvalue weighted by atomic mass is 19.4. The normalized spacial score (nSPS) is 19.7. The Morgan fingerprint density at radius 1 is 1.06 bits per heavy atom. The van der Waals surface area contributed by atoms with Gasteiger partial charge in [0.2, 0.25) is 0 Å². The molecule has 0 radical (unpaired) electrons. The first kappa shape index (κ1) is 20.5. The predicted molar refractivity (Wildman–Crippen MR) is 111 cm³/mol. The summed E-state index contributed by atoms with van der Waals surface area (Å²) in [7, 11) is 0. The van der Waals surface area contributed by atoms with Crippen LogP contribution in [0.3, 0.4) is 0 Å². The maximum Gasteiger partial charge on any atom is 0.433 e. The summed E-state index contributed by atoms with van der Waals surface area (Å²) in [6, 6.07) is 8.83. The molecule has 3 aromatic heterocycles. The molecule has 1 saturated carbocycles. The van der Waals surface area contributed by atoms with Gasteiger partial charge in [0.05, 0.1) is 47.6 Å². The minimum Gasteiger partial charge on any atom is -0.393 e. The van der Waals surface area contributed by atoms with Crippen molar-refractivity contribution >= 4 is 10.9 Å². The van der Waals surface area contributed by atoms with Crippen molar-refractivity contribution in [1.82, 2.24) is 24.7 Å². The molecule has 5 rings (SSSR count). The number of nitrogens with zero attached hydrogens (tertiary/aromatic N) is 5. The van der Waals surface area contributed by atoms with Crippen molar-refractivity contribution in [2.75, 3.05) is 0 Å². The van der Waals surface area contributed by atoms with E-state index in [1.54, 1.807) is 24.7 Å². The average molecular weight is 440 g/mol. The van der Waals surface area contributed by atoms with Crippen LogP contribution < -0.4 is 5.73 Å². The molecule has 1 atom stereocenters. The molecule has 10 heteroatoms. The number of aromatic nitrogens is 5. The Hall–Kier alpha value is -3.37. The van der Waals surface area contributed by atoms with Gasteiger partial charge in [-0.15, -0.1) is 0 Å². The molecule has 32 heavy (non-hydrogen) atoms. The summed E-state index contributed by atoms with van der Waals surface area (Å²) in [5.41, 5.74) is 7.86. The first-order valence-corrected chi connectivity index (χ1v) is 10.1. The number of fused-ring (bicyclic) bond motifs is 1. The molecule has 4 aromatic rings. The van der Waals surface area contributed by atoms with E-state index in [4.69, 9.17) is 5.73 Å². The Morgan fingerprint density at radius 2 is 1.88 bits per heavy atom. The maximum absolute atomic E-state index is 13.1. The van der Waals surface area contributed by atoms with E-state index in [0.29, 0.717) is 29.7 Å². The lowest BCUT2D eigenvalue weighted by atomic mass is 9.76. The van der Waals surface area contributed by atoms with Crippen molar-refractivity contribution in [3.63, 3.8) is 0 Å². The zero-order chi connectivity index (χ0) is 22.5. The highest BCUT2D eigenvalue weighted by Crippen LogP contribution is 2.36. The van der Waals surface area contributed by atoms with Gasteiger partial charge in [-0.3, -0.25) is 4.98 Å². The van der Waals surface area contributed by atoms with Crippen LogP contribution in [-0.4, -0.2) is 35.9 Å². The molecule has 0 amide bonds. The lowest BCUT2D eigenvalue weighted by molar-refractivity contribution is -0.141. The van der Waals surface area contributed by atoms with Gasteiger partial charge in [-0.25, -0.2) is 14.6 Å². The number of hydrogen-bond donors (Lipinski definition) is 2. The molecular formula is C22H19F3N6O. The molecule has 0 bridgehead atoms. The summed E-state index contributed by atoms with van der Waals surface area (Å²) < 4.78 is 40.6. The molecule has 0 aliphatic heterocycles. The van der Waals surface area contributed by atoms with Gasteiger partial charge in [-0.05, 0) is 37.0 Å². The molecule has 0 saturated heterocycles. The largest absolute Gasteiger partial charge is 0.433 e. The average Bonchev–Trinajstić information content (AvgIpc) is 3.19. The third-order valence-electron chi connectivity index (χ3n) is 5.76. The summed E-state index contributed by atoms with van der Waals surface area (Å²) in [4.78, 5) is 12.6. The van der Waals surface area contributed by atoms with Crippen LogP contribution in [0.5, 0.6) is 0 Å². The van der Waals surface area contributed by atoms with E-state index in [0.717, 1.165) is 17.0 Å². The van der Waals surface area contributed by atoms with Gasteiger partial charge in [-0.1, -0.05) is 18.2 Å². The Morgan fingerprint density at radius 3 is 2.62 bits per heavy atom. The van der Waals surface area contributed by atoms with Crippen molar-refractivity contribution in [1.29, 1.82) is 0 Å². The van der Waals surface area contributed by atoms with Crippen LogP contribution >= 0.6 is 0 Å². The van der Waals surface area contributed by atoms with Gasteiger partial charge < -0.3 is 10.8 Å². The van der Waals surface area contributed by atoms with Crippen LogP contribution in [-0.2, 0) is 6.18 Å². The molecule has 0 spiro atoms. The van der Waals surface area contributed by atoms with Crippen LogP contribution in [0.1, 0.15) is 30.3 Å². The predicted octanol–water partition coefficient (Wildman–Crippen LogP) is 3.67. The van der Waals surface area contributed by atoms with Crippen LogP contribution in [0.4, 0.5) is 13.2 Å². The second-order valence-electron chi connectivity index (χ2n) is 7.95. The summed E-state index contributed by atoms with van der Waals surface area (Å²) in [6.45, 7) is 0. The van der Waals surface area contributed by atoms with E-state index in [-0.39, 0.29) is 23.9 Å². The second kappa shape index (κ2) is 7.64. The number of aliphatic hydroxyl groups excluding tert-OH is 1. The maximum atomic E-state index is 13.1. The van der Waals surface area contributed by atoms with Crippen molar-refractivity contribution in [3.8, 4) is 17.1 Å². The smallest absolute Gasteiger partial charge is 0.393 e. The first-order valence-electron chi connectivity index (χ1n) is 10.1. The molecule has 3 N–H and O–H groups in total. The Kier molecular flexibility index (Phi) is 4.90. The van der Waals surface area contributed by atoms with E-state index >= 15 is 0 Å². The van der Waals surface area contributed by atoms with E-state index < -0.39 is 11.9 Å². The summed E-state index contributed by atoms with van der Waals surface area (Å²) in [5.74, 6) is 0.225. The fourth-order valence-corrected chi connectivity index (χ4v) is 3.90. The number of pyridine rings is 1.